The predicted octanol–water partition coefficient (Wildman–Crippen LogP) is 3.74. The van der Waals surface area contributed by atoms with Gasteiger partial charge in [-0.25, -0.2) is 0 Å². The van der Waals surface area contributed by atoms with E-state index in [-0.39, 0.29) is 18.1 Å². The van der Waals surface area contributed by atoms with Gasteiger partial charge in [0, 0.05) is 41.6 Å². The van der Waals surface area contributed by atoms with E-state index < -0.39 is 0 Å². The summed E-state index contributed by atoms with van der Waals surface area (Å²) in [7, 11) is 0. The molecule has 150 valence electrons. The predicted molar refractivity (Wildman–Crippen MR) is 111 cm³/mol. The Morgan fingerprint density at radius 1 is 0.933 bits per heavy atom. The van der Waals surface area contributed by atoms with Crippen LogP contribution in [0.3, 0.4) is 0 Å². The quantitative estimate of drug-likeness (QED) is 0.628. The first-order valence-electron chi connectivity index (χ1n) is 10.3. The van der Waals surface area contributed by atoms with E-state index in [1.807, 2.05) is 60.4 Å². The molecular formula is C24H21N3O3. The lowest BCUT2D eigenvalue weighted by Crippen LogP contribution is -2.31. The molecule has 3 aliphatic rings. The lowest BCUT2D eigenvalue weighted by atomic mass is 9.86. The third-order valence-corrected chi connectivity index (χ3v) is 6.42. The maximum absolute atomic E-state index is 13.0. The Bertz CT molecular complexity index is 1130. The van der Waals surface area contributed by atoms with Gasteiger partial charge in [-0.3, -0.25) is 4.79 Å². The van der Waals surface area contributed by atoms with Crippen LogP contribution in [-0.2, 0) is 4.74 Å². The topological polar surface area (TPSA) is 68.5 Å². The van der Waals surface area contributed by atoms with Crippen molar-refractivity contribution in [2.24, 2.45) is 11.8 Å². The second kappa shape index (κ2) is 6.64. The summed E-state index contributed by atoms with van der Waals surface area (Å²) in [6, 6.07) is 15.4. The number of ether oxygens (including phenoxy) is 1. The molecule has 6 heteroatoms. The minimum absolute atomic E-state index is 0.0707. The number of likely N-dealkylation sites (tertiary alicyclic amines) is 1. The summed E-state index contributed by atoms with van der Waals surface area (Å²) in [5, 5.41) is 8.34. The molecule has 1 aromatic heterocycles. The number of benzene rings is 2. The molecule has 6 rings (SSSR count). The maximum Gasteiger partial charge on any atom is 0.253 e. The highest BCUT2D eigenvalue weighted by Crippen LogP contribution is 2.43. The Kier molecular flexibility index (Phi) is 3.89. The Balaban J connectivity index is 1.18. The van der Waals surface area contributed by atoms with Gasteiger partial charge in [0.2, 0.25) is 11.8 Å². The second-order valence-corrected chi connectivity index (χ2v) is 8.35. The van der Waals surface area contributed by atoms with Crippen LogP contribution >= 0.6 is 0 Å². The molecule has 0 spiro atoms. The molecule has 3 aliphatic heterocycles. The van der Waals surface area contributed by atoms with Gasteiger partial charge in [-0.15, -0.1) is 10.2 Å². The molecule has 30 heavy (non-hydrogen) atoms. The largest absolute Gasteiger partial charge is 0.416 e. The second-order valence-electron chi connectivity index (χ2n) is 8.35. The van der Waals surface area contributed by atoms with E-state index >= 15 is 0 Å². The molecule has 0 aliphatic carbocycles. The zero-order chi connectivity index (χ0) is 20.2. The van der Waals surface area contributed by atoms with Crippen molar-refractivity contribution in [1.29, 1.82) is 0 Å². The number of hydrogen-bond acceptors (Lipinski definition) is 5. The molecule has 1 amide bonds. The summed E-state index contributed by atoms with van der Waals surface area (Å²) < 4.78 is 11.8. The van der Waals surface area contributed by atoms with Crippen LogP contribution in [0.5, 0.6) is 0 Å². The molecule has 2 fully saturated rings. The zero-order valence-corrected chi connectivity index (χ0v) is 16.6. The number of fused-ring (bicyclic) bond motifs is 5. The fourth-order valence-corrected chi connectivity index (χ4v) is 4.87. The van der Waals surface area contributed by atoms with Gasteiger partial charge in [-0.05, 0) is 43.3 Å². The summed E-state index contributed by atoms with van der Waals surface area (Å²) in [4.78, 5) is 15.0. The molecule has 0 N–H and O–H groups in total. The molecule has 4 heterocycles. The van der Waals surface area contributed by atoms with Crippen molar-refractivity contribution < 1.29 is 13.9 Å². The summed E-state index contributed by atoms with van der Waals surface area (Å²) >= 11 is 0. The van der Waals surface area contributed by atoms with Crippen molar-refractivity contribution >= 4 is 5.91 Å². The molecule has 2 aromatic carbocycles. The summed E-state index contributed by atoms with van der Waals surface area (Å²) in [5.41, 5.74) is 3.51. The Morgan fingerprint density at radius 2 is 1.60 bits per heavy atom. The Morgan fingerprint density at radius 3 is 2.27 bits per heavy atom. The third-order valence-electron chi connectivity index (χ3n) is 6.42. The zero-order valence-electron chi connectivity index (χ0n) is 16.6. The van der Waals surface area contributed by atoms with E-state index in [2.05, 4.69) is 22.3 Å². The van der Waals surface area contributed by atoms with Crippen molar-refractivity contribution in [3.63, 3.8) is 0 Å². The van der Waals surface area contributed by atoms with Gasteiger partial charge >= 0.3 is 0 Å². The molecule has 3 aromatic rings. The first-order chi connectivity index (χ1) is 14.7. The number of aryl methyl sites for hydroxylation is 1. The Hall–Kier alpha value is -3.25. The fourth-order valence-electron chi connectivity index (χ4n) is 4.87. The summed E-state index contributed by atoms with van der Waals surface area (Å²) in [5.74, 6) is 1.87. The van der Waals surface area contributed by atoms with E-state index in [0.29, 0.717) is 29.2 Å². The number of carbonyl (C=O) groups excluding carboxylic acids is 1. The highest BCUT2D eigenvalue weighted by atomic mass is 16.5. The monoisotopic (exact) mass is 399 g/mol. The number of rotatable bonds is 3. The van der Waals surface area contributed by atoms with Gasteiger partial charge in [-0.2, -0.15) is 0 Å². The van der Waals surface area contributed by atoms with Crippen LogP contribution < -0.4 is 0 Å². The van der Waals surface area contributed by atoms with Crippen LogP contribution in [0.2, 0.25) is 0 Å². The molecule has 2 saturated heterocycles. The first kappa shape index (κ1) is 17.6. The van der Waals surface area contributed by atoms with E-state index in [9.17, 15) is 4.79 Å². The number of aromatic nitrogens is 2. The van der Waals surface area contributed by atoms with Gasteiger partial charge in [0.1, 0.15) is 0 Å². The number of nitrogens with zero attached hydrogens (tertiary/aromatic N) is 3. The van der Waals surface area contributed by atoms with Gasteiger partial charge in [0.25, 0.3) is 5.91 Å². The van der Waals surface area contributed by atoms with Crippen molar-refractivity contribution in [2.75, 3.05) is 13.1 Å². The van der Waals surface area contributed by atoms with Gasteiger partial charge in [0.15, 0.2) is 0 Å². The third kappa shape index (κ3) is 2.79. The molecule has 2 bridgehead atoms. The number of hydrogen-bond donors (Lipinski definition) is 0. The van der Waals surface area contributed by atoms with E-state index in [1.54, 1.807) is 0 Å². The molecule has 4 unspecified atom stereocenters. The number of carbonyl (C=O) groups is 1. The minimum atomic E-state index is 0.0707. The van der Waals surface area contributed by atoms with Gasteiger partial charge < -0.3 is 14.1 Å². The van der Waals surface area contributed by atoms with E-state index in [0.717, 1.165) is 29.8 Å². The van der Waals surface area contributed by atoms with Crippen LogP contribution in [0.25, 0.3) is 22.9 Å². The minimum Gasteiger partial charge on any atom is -0.416 e. The van der Waals surface area contributed by atoms with Crippen LogP contribution in [0.1, 0.15) is 15.9 Å². The standard InChI is InChI=1S/C24H21N3O3/c1-14-3-2-4-17(11-14)23-26-25-22(30-23)15-5-7-16(8-6-15)24(28)27-12-18-19(13-27)21-10-9-20(18)29-21/h2-11,18-21H,12-13H2,1H3. The normalized spacial score (nSPS) is 26.4. The summed E-state index contributed by atoms with van der Waals surface area (Å²) in [6.07, 6.45) is 4.65. The van der Waals surface area contributed by atoms with Crippen LogP contribution in [0, 0.1) is 18.8 Å². The van der Waals surface area contributed by atoms with Crippen molar-refractivity contribution in [3.05, 3.63) is 71.8 Å². The van der Waals surface area contributed by atoms with Gasteiger partial charge in [0.05, 0.1) is 12.2 Å². The maximum atomic E-state index is 13.0. The Labute approximate surface area is 174 Å². The molecular weight excluding hydrogens is 378 g/mol. The fraction of sp³-hybridized carbons (Fsp3) is 0.292. The van der Waals surface area contributed by atoms with E-state index in [1.165, 1.54) is 0 Å². The lowest BCUT2D eigenvalue weighted by molar-refractivity contribution is 0.0655. The highest BCUT2D eigenvalue weighted by Gasteiger charge is 2.51. The van der Waals surface area contributed by atoms with Crippen molar-refractivity contribution in [3.8, 4) is 22.9 Å². The van der Waals surface area contributed by atoms with Gasteiger partial charge in [-0.1, -0.05) is 29.8 Å². The smallest absolute Gasteiger partial charge is 0.253 e. The van der Waals surface area contributed by atoms with Crippen molar-refractivity contribution in [1.82, 2.24) is 15.1 Å². The first-order valence-corrected chi connectivity index (χ1v) is 10.3. The molecule has 6 nitrogen and oxygen atoms in total. The SMILES string of the molecule is Cc1cccc(-c2nnc(-c3ccc(C(=O)N4CC5C6C=CC(O6)C5C4)cc3)o2)c1. The number of amides is 1. The molecule has 0 radical (unpaired) electrons. The van der Waals surface area contributed by atoms with Crippen LogP contribution in [0.4, 0.5) is 0 Å². The molecule has 4 atom stereocenters. The summed E-state index contributed by atoms with van der Waals surface area (Å²) in [6.45, 7) is 3.55. The highest BCUT2D eigenvalue weighted by molar-refractivity contribution is 5.94. The average molecular weight is 399 g/mol. The van der Waals surface area contributed by atoms with Crippen LogP contribution in [-0.4, -0.2) is 46.3 Å². The average Bonchev–Trinajstić information content (AvgIpc) is 3.55. The van der Waals surface area contributed by atoms with Crippen LogP contribution in [0.15, 0.2) is 65.1 Å². The molecule has 0 saturated carbocycles. The van der Waals surface area contributed by atoms with E-state index in [4.69, 9.17) is 9.15 Å². The van der Waals surface area contributed by atoms with Crippen molar-refractivity contribution in [2.45, 2.75) is 19.1 Å². The lowest BCUT2D eigenvalue weighted by Gasteiger charge is -2.19.